The van der Waals surface area contributed by atoms with Crippen LogP contribution in [0.25, 0.3) is 16.2 Å². The number of hydrogen-bond acceptors (Lipinski definition) is 8. The molecule has 0 unspecified atom stereocenters. The van der Waals surface area contributed by atoms with Crippen LogP contribution < -0.4 is 10.1 Å². The smallest absolute Gasteiger partial charge is 0.272 e. The van der Waals surface area contributed by atoms with Gasteiger partial charge in [-0.05, 0) is 37.5 Å². The standard InChI is InChI=1S/C24H26N6O3S/c1-15(16-3-5-18(33-2)6-4-16)26-21-13-20(23(32)29-9-7-17(31)8-10-29)27-22(28-21)19-14-25-30-11-12-34-24(19)30/h3-6,11-15,17,31H,7-10H2,1-2H3,(H,26,27,28)/t15-/m1/s1. The summed E-state index contributed by atoms with van der Waals surface area (Å²) in [7, 11) is 1.64. The quantitative estimate of drug-likeness (QED) is 0.436. The molecular formula is C24H26N6O3S. The predicted octanol–water partition coefficient (Wildman–Crippen LogP) is 3.63. The number of thiazole rings is 1. The van der Waals surface area contributed by atoms with Gasteiger partial charge < -0.3 is 20.1 Å². The van der Waals surface area contributed by atoms with E-state index >= 15 is 0 Å². The van der Waals surface area contributed by atoms with Crippen molar-refractivity contribution in [2.45, 2.75) is 31.9 Å². The minimum Gasteiger partial charge on any atom is -0.497 e. The summed E-state index contributed by atoms with van der Waals surface area (Å²) >= 11 is 1.54. The van der Waals surface area contributed by atoms with Crippen molar-refractivity contribution in [2.75, 3.05) is 25.5 Å². The lowest BCUT2D eigenvalue weighted by atomic mass is 10.1. The Morgan fingerprint density at radius 3 is 2.74 bits per heavy atom. The van der Waals surface area contributed by atoms with Crippen LogP contribution in [0.15, 0.2) is 48.1 Å². The first-order chi connectivity index (χ1) is 16.5. The van der Waals surface area contributed by atoms with E-state index in [1.54, 1.807) is 40.1 Å². The third-order valence-corrected chi connectivity index (χ3v) is 6.94. The monoisotopic (exact) mass is 478 g/mol. The molecule has 9 nitrogen and oxygen atoms in total. The summed E-state index contributed by atoms with van der Waals surface area (Å²) in [5, 5.41) is 19.6. The Morgan fingerprint density at radius 2 is 2.00 bits per heavy atom. The van der Waals surface area contributed by atoms with Gasteiger partial charge in [-0.1, -0.05) is 12.1 Å². The lowest BCUT2D eigenvalue weighted by Crippen LogP contribution is -2.40. The molecule has 1 amide bonds. The van der Waals surface area contributed by atoms with E-state index in [1.165, 1.54) is 0 Å². The molecule has 1 saturated heterocycles. The zero-order valence-corrected chi connectivity index (χ0v) is 19.8. The van der Waals surface area contributed by atoms with E-state index in [4.69, 9.17) is 9.72 Å². The molecule has 3 aromatic heterocycles. The first kappa shape index (κ1) is 22.3. The molecular weight excluding hydrogens is 452 g/mol. The van der Waals surface area contributed by atoms with Crippen LogP contribution in [0.4, 0.5) is 5.82 Å². The van der Waals surface area contributed by atoms with E-state index in [0.717, 1.165) is 21.7 Å². The van der Waals surface area contributed by atoms with Gasteiger partial charge >= 0.3 is 0 Å². The van der Waals surface area contributed by atoms with Crippen molar-refractivity contribution in [3.05, 3.63) is 59.4 Å². The van der Waals surface area contributed by atoms with E-state index in [0.29, 0.717) is 43.3 Å². The predicted molar refractivity (Wildman–Crippen MR) is 130 cm³/mol. The minimum atomic E-state index is -0.355. The maximum atomic E-state index is 13.3. The Hall–Kier alpha value is -3.50. The van der Waals surface area contributed by atoms with Gasteiger partial charge in [0, 0.05) is 36.8 Å². The van der Waals surface area contributed by atoms with Gasteiger partial charge in [0.1, 0.15) is 22.1 Å². The zero-order chi connectivity index (χ0) is 23.7. The second-order valence-corrected chi connectivity index (χ2v) is 9.23. The number of methoxy groups -OCH3 is 1. The van der Waals surface area contributed by atoms with Gasteiger partial charge in [-0.15, -0.1) is 11.3 Å². The van der Waals surface area contributed by atoms with Crippen LogP contribution in [0.2, 0.25) is 0 Å². The number of hydrogen-bond donors (Lipinski definition) is 2. The van der Waals surface area contributed by atoms with Crippen LogP contribution in [0.3, 0.4) is 0 Å². The Kier molecular flexibility index (Phi) is 6.16. The molecule has 0 saturated carbocycles. The average molecular weight is 479 g/mol. The number of nitrogens with one attached hydrogen (secondary N) is 1. The lowest BCUT2D eigenvalue weighted by Gasteiger charge is -2.29. The van der Waals surface area contributed by atoms with Crippen LogP contribution >= 0.6 is 11.3 Å². The number of aliphatic hydroxyl groups is 1. The van der Waals surface area contributed by atoms with E-state index in [-0.39, 0.29) is 18.1 Å². The molecule has 1 aliphatic rings. The highest BCUT2D eigenvalue weighted by Crippen LogP contribution is 2.28. The van der Waals surface area contributed by atoms with Crippen molar-refractivity contribution in [1.29, 1.82) is 0 Å². The van der Waals surface area contributed by atoms with Gasteiger partial charge in [-0.25, -0.2) is 14.5 Å². The Balaban J connectivity index is 1.49. The molecule has 0 radical (unpaired) electrons. The molecule has 1 fully saturated rings. The van der Waals surface area contributed by atoms with E-state index in [1.807, 2.05) is 42.8 Å². The number of piperidine rings is 1. The summed E-state index contributed by atoms with van der Waals surface area (Å²) in [5.74, 6) is 1.64. The minimum absolute atomic E-state index is 0.0596. The molecule has 0 spiro atoms. The maximum Gasteiger partial charge on any atom is 0.272 e. The second-order valence-electron chi connectivity index (χ2n) is 8.34. The van der Waals surface area contributed by atoms with Gasteiger partial charge in [0.05, 0.1) is 25.0 Å². The molecule has 4 aromatic rings. The fraction of sp³-hybridized carbons (Fsp3) is 0.333. The number of carbonyl (C=O) groups is 1. The van der Waals surface area contributed by atoms with Crippen LogP contribution in [0.5, 0.6) is 5.75 Å². The summed E-state index contributed by atoms with van der Waals surface area (Å²) in [4.78, 5) is 25.3. The topological polar surface area (TPSA) is 105 Å². The third-order valence-electron chi connectivity index (χ3n) is 6.05. The fourth-order valence-corrected chi connectivity index (χ4v) is 4.85. The highest BCUT2D eigenvalue weighted by Gasteiger charge is 2.25. The summed E-state index contributed by atoms with van der Waals surface area (Å²) in [5.41, 5.74) is 2.16. The number of ether oxygens (including phenoxy) is 1. The van der Waals surface area contributed by atoms with Crippen molar-refractivity contribution >= 4 is 27.9 Å². The molecule has 176 valence electrons. The maximum absolute atomic E-state index is 13.3. The number of anilines is 1. The van der Waals surface area contributed by atoms with Gasteiger partial charge in [-0.3, -0.25) is 4.79 Å². The van der Waals surface area contributed by atoms with Crippen LogP contribution in [0.1, 0.15) is 41.9 Å². The Bertz CT molecular complexity index is 1290. The zero-order valence-electron chi connectivity index (χ0n) is 19.0. The van der Waals surface area contributed by atoms with Gasteiger partial charge in [0.15, 0.2) is 5.82 Å². The second kappa shape index (κ2) is 9.40. The summed E-state index contributed by atoms with van der Waals surface area (Å²) in [6, 6.07) is 9.47. The number of carbonyl (C=O) groups excluding carboxylic acids is 1. The van der Waals surface area contributed by atoms with Crippen molar-refractivity contribution in [3.63, 3.8) is 0 Å². The van der Waals surface area contributed by atoms with Gasteiger partial charge in [0.2, 0.25) is 0 Å². The van der Waals surface area contributed by atoms with Crippen LogP contribution in [-0.4, -0.2) is 61.8 Å². The van der Waals surface area contributed by atoms with Crippen LogP contribution in [0, 0.1) is 0 Å². The lowest BCUT2D eigenvalue weighted by molar-refractivity contribution is 0.0541. The third kappa shape index (κ3) is 4.46. The van der Waals surface area contributed by atoms with Gasteiger partial charge in [0.25, 0.3) is 5.91 Å². The Labute approximate surface area is 201 Å². The van der Waals surface area contributed by atoms with Crippen molar-refractivity contribution in [1.82, 2.24) is 24.5 Å². The van der Waals surface area contributed by atoms with Crippen molar-refractivity contribution < 1.29 is 14.6 Å². The van der Waals surface area contributed by atoms with Crippen molar-refractivity contribution in [3.8, 4) is 17.1 Å². The fourth-order valence-electron chi connectivity index (χ4n) is 4.06. The average Bonchev–Trinajstić information content (AvgIpc) is 3.48. The summed E-state index contributed by atoms with van der Waals surface area (Å²) in [6.45, 7) is 3.05. The molecule has 1 aromatic carbocycles. The molecule has 0 aliphatic carbocycles. The number of likely N-dealkylation sites (tertiary alicyclic amines) is 1. The summed E-state index contributed by atoms with van der Waals surface area (Å²) < 4.78 is 7.03. The van der Waals surface area contributed by atoms with E-state index < -0.39 is 0 Å². The molecule has 4 heterocycles. The summed E-state index contributed by atoms with van der Waals surface area (Å²) in [6.07, 6.45) is 4.39. The number of amides is 1. The number of aromatic nitrogens is 4. The number of aliphatic hydroxyl groups excluding tert-OH is 1. The Morgan fingerprint density at radius 1 is 1.24 bits per heavy atom. The largest absolute Gasteiger partial charge is 0.497 e. The molecule has 1 atom stereocenters. The van der Waals surface area contributed by atoms with Crippen LogP contribution in [-0.2, 0) is 0 Å². The first-order valence-electron chi connectivity index (χ1n) is 11.2. The first-order valence-corrected chi connectivity index (χ1v) is 12.1. The van der Waals surface area contributed by atoms with E-state index in [9.17, 15) is 9.90 Å². The molecule has 0 bridgehead atoms. The number of nitrogens with zero attached hydrogens (tertiary/aromatic N) is 5. The molecule has 2 N–H and O–H groups in total. The molecule has 1 aliphatic heterocycles. The number of fused-ring (bicyclic) bond motifs is 1. The van der Waals surface area contributed by atoms with Crippen molar-refractivity contribution in [2.24, 2.45) is 0 Å². The highest BCUT2D eigenvalue weighted by atomic mass is 32.1. The SMILES string of the molecule is COc1ccc([C@@H](C)Nc2cc(C(=O)N3CCC(O)CC3)nc(-c3cnn4ccsc34)n2)cc1. The molecule has 5 rings (SSSR count). The number of benzene rings is 1. The normalized spacial score (nSPS) is 15.4. The highest BCUT2D eigenvalue weighted by molar-refractivity contribution is 7.16. The van der Waals surface area contributed by atoms with Gasteiger partial charge in [-0.2, -0.15) is 5.10 Å². The molecule has 34 heavy (non-hydrogen) atoms. The van der Waals surface area contributed by atoms with E-state index in [2.05, 4.69) is 15.4 Å². The molecule has 10 heteroatoms. The number of rotatable bonds is 6.